The Morgan fingerprint density at radius 2 is 1.80 bits per heavy atom. The second-order valence-corrected chi connectivity index (χ2v) is 10.9. The summed E-state index contributed by atoms with van der Waals surface area (Å²) in [5.74, 6) is -2.37. The molecule has 5 heterocycles. The first-order valence-electron chi connectivity index (χ1n) is 14.7. The Bertz CT molecular complexity index is 1820. The number of nitrogens with zero attached hydrogens (tertiary/aromatic N) is 5. The largest absolute Gasteiger partial charge is 0.474 e. The minimum absolute atomic E-state index is 0.00332. The number of hydrogen-bond donors (Lipinski definition) is 2. The SMILES string of the molecule is C[C@@H]1CCn2nc(-c3ccc(N4CCOCC4)nc3F)c(C(=O)N[C@H]3N=C(c4ccccc4)c4cccc(F)c4NC3=O)c2O1. The summed E-state index contributed by atoms with van der Waals surface area (Å²) in [6.07, 6.45) is -1.07. The van der Waals surface area contributed by atoms with Crippen molar-refractivity contribution in [2.75, 3.05) is 36.5 Å². The molecule has 7 rings (SSSR count). The molecule has 0 spiro atoms. The van der Waals surface area contributed by atoms with Crippen LogP contribution < -0.4 is 20.3 Å². The predicted molar refractivity (Wildman–Crippen MR) is 162 cm³/mol. The molecule has 45 heavy (non-hydrogen) atoms. The van der Waals surface area contributed by atoms with Crippen LogP contribution in [0.3, 0.4) is 0 Å². The summed E-state index contributed by atoms with van der Waals surface area (Å²) in [4.78, 5) is 38.2. The molecule has 3 aliphatic rings. The molecule has 0 unspecified atom stereocenters. The molecule has 0 radical (unpaired) electrons. The van der Waals surface area contributed by atoms with Gasteiger partial charge >= 0.3 is 0 Å². The number of morpholine rings is 1. The standard InChI is InChI=1S/C32H29F2N7O4/c1-18-12-13-41-32(45-18)24(27(39-41)21-10-11-23(35-28(21)34)40-14-16-44-17-15-40)30(42)38-29-31(43)37-26-20(8-5-9-22(26)33)25(36-29)19-6-3-2-4-7-19/h2-11,18,29H,12-17H2,1H3,(H,37,43)(H,38,42)/t18-,29-/m1/s1. The molecule has 1 saturated heterocycles. The van der Waals surface area contributed by atoms with Crippen molar-refractivity contribution in [3.05, 3.63) is 89.1 Å². The molecule has 11 nitrogen and oxygen atoms in total. The molecule has 2 aromatic heterocycles. The third kappa shape index (κ3) is 5.39. The second kappa shape index (κ2) is 11.7. The Kier molecular flexibility index (Phi) is 7.45. The second-order valence-electron chi connectivity index (χ2n) is 10.9. The molecule has 13 heteroatoms. The van der Waals surface area contributed by atoms with Crippen LogP contribution >= 0.6 is 0 Å². The summed E-state index contributed by atoms with van der Waals surface area (Å²) in [5.41, 5.74) is 1.21. The molecule has 4 aromatic rings. The van der Waals surface area contributed by atoms with Gasteiger partial charge in [0.1, 0.15) is 22.9 Å². The lowest BCUT2D eigenvalue weighted by Gasteiger charge is -2.27. The molecule has 230 valence electrons. The van der Waals surface area contributed by atoms with Crippen LogP contribution in [0.1, 0.15) is 34.8 Å². The van der Waals surface area contributed by atoms with Crippen LogP contribution in [0.4, 0.5) is 20.3 Å². The van der Waals surface area contributed by atoms with Crippen LogP contribution in [0.25, 0.3) is 11.3 Å². The number of para-hydroxylation sites is 1. The van der Waals surface area contributed by atoms with E-state index in [1.165, 1.54) is 22.9 Å². The zero-order chi connectivity index (χ0) is 31.1. The first-order valence-corrected chi connectivity index (χ1v) is 14.7. The number of fused-ring (bicyclic) bond motifs is 2. The van der Waals surface area contributed by atoms with Gasteiger partial charge < -0.3 is 25.0 Å². The summed E-state index contributed by atoms with van der Waals surface area (Å²) >= 11 is 0. The number of nitrogens with one attached hydrogen (secondary N) is 2. The number of aliphatic imine (C=N–C) groups is 1. The van der Waals surface area contributed by atoms with Crippen LogP contribution in [-0.2, 0) is 16.1 Å². The first-order chi connectivity index (χ1) is 21.9. The highest BCUT2D eigenvalue weighted by Crippen LogP contribution is 2.36. The van der Waals surface area contributed by atoms with Crippen LogP contribution in [0.15, 0.2) is 65.7 Å². The maximum atomic E-state index is 15.7. The lowest BCUT2D eigenvalue weighted by Crippen LogP contribution is -2.42. The first kappa shape index (κ1) is 28.6. The monoisotopic (exact) mass is 613 g/mol. The van der Waals surface area contributed by atoms with Gasteiger partial charge in [-0.3, -0.25) is 9.59 Å². The number of carbonyl (C=O) groups excluding carboxylic acids is 2. The number of carbonyl (C=O) groups is 2. The number of pyridine rings is 1. The van der Waals surface area contributed by atoms with Gasteiger partial charge in [0.2, 0.25) is 18.0 Å². The number of aryl methyl sites for hydroxylation is 1. The number of benzodiazepines with no additional fused rings is 1. The highest BCUT2D eigenvalue weighted by molar-refractivity contribution is 6.20. The fourth-order valence-corrected chi connectivity index (χ4v) is 5.65. The van der Waals surface area contributed by atoms with Crippen LogP contribution in [0.5, 0.6) is 5.88 Å². The van der Waals surface area contributed by atoms with Gasteiger partial charge in [-0.05, 0) is 25.1 Å². The van der Waals surface area contributed by atoms with Crippen molar-refractivity contribution < 1.29 is 27.8 Å². The molecule has 2 atom stereocenters. The van der Waals surface area contributed by atoms with E-state index >= 15 is 4.39 Å². The normalized spacial score (nSPS) is 19.4. The Morgan fingerprint density at radius 1 is 1.00 bits per heavy atom. The van der Waals surface area contributed by atoms with Gasteiger partial charge in [0.05, 0.1) is 36.3 Å². The third-order valence-electron chi connectivity index (χ3n) is 7.96. The van der Waals surface area contributed by atoms with Gasteiger partial charge in [0.15, 0.2) is 0 Å². The number of aromatic nitrogens is 3. The lowest BCUT2D eigenvalue weighted by molar-refractivity contribution is -0.117. The molecule has 1 fully saturated rings. The predicted octanol–water partition coefficient (Wildman–Crippen LogP) is 3.78. The summed E-state index contributed by atoms with van der Waals surface area (Å²) in [5, 5.41) is 9.79. The zero-order valence-corrected chi connectivity index (χ0v) is 24.3. The minimum Gasteiger partial charge on any atom is -0.474 e. The van der Waals surface area contributed by atoms with E-state index in [2.05, 4.69) is 25.7 Å². The van der Waals surface area contributed by atoms with Gasteiger partial charge in [-0.15, -0.1) is 0 Å². The van der Waals surface area contributed by atoms with Crippen molar-refractivity contribution in [1.29, 1.82) is 0 Å². The summed E-state index contributed by atoms with van der Waals surface area (Å²) in [6.45, 7) is 4.48. The van der Waals surface area contributed by atoms with Crippen LogP contribution in [-0.4, -0.2) is 70.9 Å². The van der Waals surface area contributed by atoms with Crippen molar-refractivity contribution in [2.24, 2.45) is 4.99 Å². The number of amides is 2. The lowest BCUT2D eigenvalue weighted by atomic mass is 10.0. The molecule has 2 N–H and O–H groups in total. The number of halogens is 2. The average Bonchev–Trinajstić information content (AvgIpc) is 3.36. The molecule has 2 amide bonds. The van der Waals surface area contributed by atoms with E-state index in [-0.39, 0.29) is 34.5 Å². The number of hydrogen-bond acceptors (Lipinski definition) is 8. The van der Waals surface area contributed by atoms with E-state index in [1.807, 2.05) is 17.9 Å². The van der Waals surface area contributed by atoms with Gasteiger partial charge in [-0.25, -0.2) is 19.0 Å². The number of anilines is 2. The molecule has 0 saturated carbocycles. The highest BCUT2D eigenvalue weighted by Gasteiger charge is 2.35. The van der Waals surface area contributed by atoms with Crippen molar-refractivity contribution in [1.82, 2.24) is 20.1 Å². The third-order valence-corrected chi connectivity index (χ3v) is 7.96. The number of ether oxygens (including phenoxy) is 2. The summed E-state index contributed by atoms with van der Waals surface area (Å²) in [6, 6.07) is 16.6. The van der Waals surface area contributed by atoms with Gasteiger partial charge in [-0.1, -0.05) is 42.5 Å². The maximum Gasteiger partial charge on any atom is 0.269 e. The van der Waals surface area contributed by atoms with E-state index in [0.717, 1.165) is 0 Å². The van der Waals surface area contributed by atoms with Crippen molar-refractivity contribution in [2.45, 2.75) is 32.2 Å². The molecular weight excluding hydrogens is 584 g/mol. The van der Waals surface area contributed by atoms with Crippen molar-refractivity contribution in [3.63, 3.8) is 0 Å². The Balaban J connectivity index is 1.28. The Labute approximate surface area is 256 Å². The Morgan fingerprint density at radius 3 is 2.58 bits per heavy atom. The molecular formula is C32H29F2N7O4. The minimum atomic E-state index is -1.46. The van der Waals surface area contributed by atoms with Gasteiger partial charge in [0, 0.05) is 37.2 Å². The smallest absolute Gasteiger partial charge is 0.269 e. The van der Waals surface area contributed by atoms with Crippen molar-refractivity contribution in [3.8, 4) is 17.1 Å². The van der Waals surface area contributed by atoms with E-state index in [0.29, 0.717) is 61.9 Å². The van der Waals surface area contributed by atoms with E-state index in [4.69, 9.17) is 9.47 Å². The van der Waals surface area contributed by atoms with Gasteiger partial charge in [0.25, 0.3) is 11.8 Å². The quantitative estimate of drug-likeness (QED) is 0.329. The maximum absolute atomic E-state index is 15.7. The fourth-order valence-electron chi connectivity index (χ4n) is 5.65. The topological polar surface area (TPSA) is 123 Å². The van der Waals surface area contributed by atoms with Crippen LogP contribution in [0, 0.1) is 11.8 Å². The molecule has 2 aromatic carbocycles. The molecule has 3 aliphatic heterocycles. The Hall–Kier alpha value is -5.17. The molecule has 0 aliphatic carbocycles. The summed E-state index contributed by atoms with van der Waals surface area (Å²) in [7, 11) is 0. The van der Waals surface area contributed by atoms with E-state index in [9.17, 15) is 14.0 Å². The fraction of sp³-hybridized carbons (Fsp3) is 0.281. The number of rotatable bonds is 5. The number of benzene rings is 2. The highest BCUT2D eigenvalue weighted by atomic mass is 19.1. The van der Waals surface area contributed by atoms with E-state index in [1.54, 1.807) is 36.4 Å². The van der Waals surface area contributed by atoms with Gasteiger partial charge in [-0.2, -0.15) is 9.49 Å². The average molecular weight is 614 g/mol. The van der Waals surface area contributed by atoms with E-state index < -0.39 is 29.7 Å². The van der Waals surface area contributed by atoms with Crippen molar-refractivity contribution >= 4 is 29.0 Å². The van der Waals surface area contributed by atoms with Crippen LogP contribution in [0.2, 0.25) is 0 Å². The zero-order valence-electron chi connectivity index (χ0n) is 24.3. The summed E-state index contributed by atoms with van der Waals surface area (Å²) < 4.78 is 43.5. The molecule has 0 bridgehead atoms.